The molecule has 3 heteroatoms. The second kappa shape index (κ2) is 4.03. The standard InChI is InChI=1S/C12H16ClNO/c1-12(4-5-12)8-14-7-9-6-10(13)2-3-11(9)15/h2-3,6,14-15H,4-5,7-8H2,1H3. The van der Waals surface area contributed by atoms with Crippen molar-refractivity contribution in [1.29, 1.82) is 0 Å². The lowest BCUT2D eigenvalue weighted by molar-refractivity contribution is 0.455. The van der Waals surface area contributed by atoms with Crippen molar-refractivity contribution in [1.82, 2.24) is 5.32 Å². The Labute approximate surface area is 95.3 Å². The zero-order valence-electron chi connectivity index (χ0n) is 8.89. The minimum absolute atomic E-state index is 0.313. The molecule has 1 aromatic carbocycles. The molecule has 2 N–H and O–H groups in total. The molecule has 0 saturated heterocycles. The van der Waals surface area contributed by atoms with Gasteiger partial charge in [0.15, 0.2) is 0 Å². The fourth-order valence-electron chi connectivity index (χ4n) is 1.58. The van der Waals surface area contributed by atoms with E-state index in [-0.39, 0.29) is 0 Å². The molecule has 0 aliphatic heterocycles. The molecule has 1 saturated carbocycles. The molecule has 2 nitrogen and oxygen atoms in total. The smallest absolute Gasteiger partial charge is 0.120 e. The van der Waals surface area contributed by atoms with Gasteiger partial charge in [-0.15, -0.1) is 0 Å². The van der Waals surface area contributed by atoms with Crippen LogP contribution in [0.4, 0.5) is 0 Å². The van der Waals surface area contributed by atoms with Crippen LogP contribution in [0, 0.1) is 5.41 Å². The van der Waals surface area contributed by atoms with Crippen molar-refractivity contribution in [3.63, 3.8) is 0 Å². The SMILES string of the molecule is CC1(CNCc2cc(Cl)ccc2O)CC1. The van der Waals surface area contributed by atoms with Crippen molar-refractivity contribution in [2.24, 2.45) is 5.41 Å². The van der Waals surface area contributed by atoms with Gasteiger partial charge in [0.05, 0.1) is 0 Å². The Balaban J connectivity index is 1.89. The van der Waals surface area contributed by atoms with Gasteiger partial charge in [-0.25, -0.2) is 0 Å². The first-order chi connectivity index (χ1) is 7.09. The predicted octanol–water partition coefficient (Wildman–Crippen LogP) is 2.94. The summed E-state index contributed by atoms with van der Waals surface area (Å²) in [6.07, 6.45) is 2.61. The summed E-state index contributed by atoms with van der Waals surface area (Å²) in [5.41, 5.74) is 1.36. The zero-order valence-corrected chi connectivity index (χ0v) is 9.64. The van der Waals surface area contributed by atoms with Crippen molar-refractivity contribution in [2.45, 2.75) is 26.3 Å². The average Bonchev–Trinajstić information content (AvgIpc) is 2.90. The van der Waals surface area contributed by atoms with E-state index in [1.165, 1.54) is 12.8 Å². The highest BCUT2D eigenvalue weighted by Crippen LogP contribution is 2.44. The first-order valence-electron chi connectivity index (χ1n) is 5.27. The Morgan fingerprint density at radius 3 is 2.87 bits per heavy atom. The Morgan fingerprint density at radius 2 is 2.20 bits per heavy atom. The molecule has 2 rings (SSSR count). The van der Waals surface area contributed by atoms with Crippen LogP contribution in [0.2, 0.25) is 5.02 Å². The topological polar surface area (TPSA) is 32.3 Å². The van der Waals surface area contributed by atoms with Gasteiger partial charge in [-0.1, -0.05) is 18.5 Å². The van der Waals surface area contributed by atoms with Crippen LogP contribution in [0.15, 0.2) is 18.2 Å². The molecule has 0 amide bonds. The van der Waals surface area contributed by atoms with Gasteiger partial charge in [0.25, 0.3) is 0 Å². The van der Waals surface area contributed by atoms with Crippen LogP contribution in [-0.2, 0) is 6.54 Å². The summed E-state index contributed by atoms with van der Waals surface area (Å²) >= 11 is 5.86. The van der Waals surface area contributed by atoms with Crippen LogP contribution < -0.4 is 5.32 Å². The van der Waals surface area contributed by atoms with Crippen LogP contribution in [0.25, 0.3) is 0 Å². The minimum atomic E-state index is 0.313. The number of benzene rings is 1. The number of hydrogen-bond donors (Lipinski definition) is 2. The summed E-state index contributed by atoms with van der Waals surface area (Å²) in [6, 6.07) is 5.14. The van der Waals surface area contributed by atoms with Gasteiger partial charge >= 0.3 is 0 Å². The molecule has 1 aromatic rings. The average molecular weight is 226 g/mol. The van der Waals surface area contributed by atoms with Gasteiger partial charge in [0.2, 0.25) is 0 Å². The number of aromatic hydroxyl groups is 1. The highest BCUT2D eigenvalue weighted by Gasteiger charge is 2.36. The van der Waals surface area contributed by atoms with E-state index in [0.717, 1.165) is 12.1 Å². The molecule has 0 heterocycles. The summed E-state index contributed by atoms with van der Waals surface area (Å²) in [6.45, 7) is 3.97. The maximum atomic E-state index is 9.58. The highest BCUT2D eigenvalue weighted by molar-refractivity contribution is 6.30. The lowest BCUT2D eigenvalue weighted by atomic mass is 10.1. The van der Waals surface area contributed by atoms with E-state index in [4.69, 9.17) is 11.6 Å². The maximum Gasteiger partial charge on any atom is 0.120 e. The van der Waals surface area contributed by atoms with Crippen molar-refractivity contribution < 1.29 is 5.11 Å². The molecule has 0 aromatic heterocycles. The molecule has 0 radical (unpaired) electrons. The minimum Gasteiger partial charge on any atom is -0.508 e. The van der Waals surface area contributed by atoms with Gasteiger partial charge in [0, 0.05) is 23.7 Å². The van der Waals surface area contributed by atoms with Crippen LogP contribution in [0.3, 0.4) is 0 Å². The highest BCUT2D eigenvalue weighted by atomic mass is 35.5. The number of halogens is 1. The van der Waals surface area contributed by atoms with Crippen molar-refractivity contribution in [3.8, 4) is 5.75 Å². The summed E-state index contributed by atoms with van der Waals surface area (Å²) < 4.78 is 0. The van der Waals surface area contributed by atoms with E-state index in [2.05, 4.69) is 12.2 Å². The Hall–Kier alpha value is -0.730. The number of hydrogen-bond acceptors (Lipinski definition) is 2. The first-order valence-corrected chi connectivity index (χ1v) is 5.65. The Morgan fingerprint density at radius 1 is 1.47 bits per heavy atom. The summed E-state index contributed by atoms with van der Waals surface area (Å²) in [5.74, 6) is 0.313. The third kappa shape index (κ3) is 2.86. The Bertz CT molecular complexity index is 361. The van der Waals surface area contributed by atoms with E-state index in [0.29, 0.717) is 22.7 Å². The molecule has 1 fully saturated rings. The van der Waals surface area contributed by atoms with Crippen molar-refractivity contribution >= 4 is 11.6 Å². The van der Waals surface area contributed by atoms with E-state index < -0.39 is 0 Å². The largest absolute Gasteiger partial charge is 0.508 e. The number of phenolic OH excluding ortho intramolecular Hbond substituents is 1. The molecule has 0 bridgehead atoms. The zero-order chi connectivity index (χ0) is 10.9. The normalized spacial score (nSPS) is 17.7. The maximum absolute atomic E-state index is 9.58. The van der Waals surface area contributed by atoms with Crippen LogP contribution >= 0.6 is 11.6 Å². The van der Waals surface area contributed by atoms with Gasteiger partial charge in [0.1, 0.15) is 5.75 Å². The lowest BCUT2D eigenvalue weighted by Crippen LogP contribution is -2.21. The summed E-state index contributed by atoms with van der Waals surface area (Å²) in [5, 5.41) is 13.6. The van der Waals surface area contributed by atoms with E-state index >= 15 is 0 Å². The van der Waals surface area contributed by atoms with Crippen molar-refractivity contribution in [2.75, 3.05) is 6.54 Å². The third-order valence-electron chi connectivity index (χ3n) is 3.01. The molecule has 1 aliphatic carbocycles. The molecule has 0 atom stereocenters. The second-order valence-electron chi connectivity index (χ2n) is 4.69. The van der Waals surface area contributed by atoms with Crippen molar-refractivity contribution in [3.05, 3.63) is 28.8 Å². The van der Waals surface area contributed by atoms with E-state index in [1.807, 2.05) is 0 Å². The molecule has 82 valence electrons. The monoisotopic (exact) mass is 225 g/mol. The van der Waals surface area contributed by atoms with Gasteiger partial charge < -0.3 is 10.4 Å². The molecule has 15 heavy (non-hydrogen) atoms. The van der Waals surface area contributed by atoms with E-state index in [1.54, 1.807) is 18.2 Å². The van der Waals surface area contributed by atoms with Gasteiger partial charge in [-0.2, -0.15) is 0 Å². The Kier molecular flexibility index (Phi) is 2.89. The molecule has 0 unspecified atom stereocenters. The quantitative estimate of drug-likeness (QED) is 0.826. The third-order valence-corrected chi connectivity index (χ3v) is 3.25. The first kappa shape index (κ1) is 10.8. The summed E-state index contributed by atoms with van der Waals surface area (Å²) in [7, 11) is 0. The molecular weight excluding hydrogens is 210 g/mol. The molecule has 0 spiro atoms. The number of phenols is 1. The van der Waals surface area contributed by atoms with Crippen LogP contribution in [0.1, 0.15) is 25.3 Å². The summed E-state index contributed by atoms with van der Waals surface area (Å²) in [4.78, 5) is 0. The van der Waals surface area contributed by atoms with Gasteiger partial charge in [-0.05, 0) is 36.5 Å². The second-order valence-corrected chi connectivity index (χ2v) is 5.12. The fraction of sp³-hybridized carbons (Fsp3) is 0.500. The van der Waals surface area contributed by atoms with Crippen LogP contribution in [-0.4, -0.2) is 11.7 Å². The number of rotatable bonds is 4. The fourth-order valence-corrected chi connectivity index (χ4v) is 1.78. The number of nitrogens with one attached hydrogen (secondary N) is 1. The molecular formula is C12H16ClNO. The predicted molar refractivity (Wildman–Crippen MR) is 62.2 cm³/mol. The lowest BCUT2D eigenvalue weighted by Gasteiger charge is -2.11. The van der Waals surface area contributed by atoms with Crippen LogP contribution in [0.5, 0.6) is 5.75 Å². The van der Waals surface area contributed by atoms with E-state index in [9.17, 15) is 5.11 Å². The molecule has 1 aliphatic rings. The van der Waals surface area contributed by atoms with Gasteiger partial charge in [-0.3, -0.25) is 0 Å².